The number of fused-ring (bicyclic) bond motifs is 4. The molecule has 3 unspecified atom stereocenters. The Labute approximate surface area is 166 Å². The Morgan fingerprint density at radius 1 is 1.19 bits per heavy atom. The van der Waals surface area contributed by atoms with Crippen molar-refractivity contribution >= 4 is 48.7 Å². The van der Waals surface area contributed by atoms with Crippen LogP contribution in [0.2, 0.25) is 5.02 Å². The van der Waals surface area contributed by atoms with Crippen LogP contribution in [-0.2, 0) is 10.0 Å². The number of benzene rings is 2. The number of allylic oxidation sites excluding steroid dienone is 2. The number of hydrogen-bond acceptors (Lipinski definition) is 4. The van der Waals surface area contributed by atoms with Gasteiger partial charge in [-0.1, -0.05) is 42.0 Å². The minimum Gasteiger partial charge on any atom is -0.377 e. The van der Waals surface area contributed by atoms with Crippen LogP contribution in [0.3, 0.4) is 0 Å². The average molecular weight is 417 g/mol. The van der Waals surface area contributed by atoms with Gasteiger partial charge in [-0.25, -0.2) is 13.6 Å². The summed E-state index contributed by atoms with van der Waals surface area (Å²) in [5.74, 6) is 0.438. The van der Waals surface area contributed by atoms with Gasteiger partial charge in [-0.3, -0.25) is 0 Å². The molecule has 7 heteroatoms. The van der Waals surface area contributed by atoms with Crippen molar-refractivity contribution in [3.63, 3.8) is 0 Å². The lowest BCUT2D eigenvalue weighted by Gasteiger charge is -2.37. The zero-order valence-corrected chi connectivity index (χ0v) is 16.6. The number of nitrogens with two attached hydrogens (primary N) is 1. The third-order valence-corrected chi connectivity index (χ3v) is 8.19. The molecular formula is C20H17ClN2O2S2. The molecule has 0 fully saturated rings. The molecule has 1 aromatic heterocycles. The average Bonchev–Trinajstić information content (AvgIpc) is 3.26. The molecule has 5 rings (SSSR count). The minimum absolute atomic E-state index is 0.0859. The number of anilines is 1. The predicted octanol–water partition coefficient (Wildman–Crippen LogP) is 5.03. The summed E-state index contributed by atoms with van der Waals surface area (Å²) < 4.78 is 24.7. The number of hydrogen-bond donors (Lipinski definition) is 2. The zero-order valence-electron chi connectivity index (χ0n) is 14.2. The number of halogens is 1. The van der Waals surface area contributed by atoms with E-state index < -0.39 is 10.0 Å². The van der Waals surface area contributed by atoms with Gasteiger partial charge in [0.2, 0.25) is 10.0 Å². The van der Waals surface area contributed by atoms with Gasteiger partial charge in [-0.05, 0) is 42.2 Å². The van der Waals surface area contributed by atoms with Crippen LogP contribution in [-0.4, -0.2) is 8.42 Å². The summed E-state index contributed by atoms with van der Waals surface area (Å²) in [6.45, 7) is 0. The van der Waals surface area contributed by atoms with Gasteiger partial charge in [-0.2, -0.15) is 0 Å². The molecule has 138 valence electrons. The van der Waals surface area contributed by atoms with E-state index in [1.54, 1.807) is 23.5 Å². The summed E-state index contributed by atoms with van der Waals surface area (Å²) in [6, 6.07) is 13.3. The molecule has 0 saturated heterocycles. The first kappa shape index (κ1) is 17.3. The maximum Gasteiger partial charge on any atom is 0.238 e. The van der Waals surface area contributed by atoms with Gasteiger partial charge in [0.15, 0.2) is 0 Å². The molecule has 0 bridgehead atoms. The summed E-state index contributed by atoms with van der Waals surface area (Å²) in [5, 5.41) is 10.8. The van der Waals surface area contributed by atoms with Crippen LogP contribution >= 0.6 is 22.9 Å². The fraction of sp³-hybridized carbons (Fsp3) is 0.200. The lowest BCUT2D eigenvalue weighted by Crippen LogP contribution is -2.29. The topological polar surface area (TPSA) is 72.2 Å². The number of sulfonamides is 1. The van der Waals surface area contributed by atoms with Gasteiger partial charge >= 0.3 is 0 Å². The second-order valence-corrected chi connectivity index (χ2v) is 10.1. The Balaban J connectivity index is 1.64. The number of nitrogens with one attached hydrogen (secondary N) is 1. The lowest BCUT2D eigenvalue weighted by atomic mass is 9.79. The van der Waals surface area contributed by atoms with Crippen molar-refractivity contribution in [2.24, 2.45) is 11.1 Å². The van der Waals surface area contributed by atoms with Gasteiger partial charge in [0.25, 0.3) is 0 Å². The van der Waals surface area contributed by atoms with Gasteiger partial charge < -0.3 is 5.32 Å². The highest BCUT2D eigenvalue weighted by atomic mass is 35.5. The molecule has 0 spiro atoms. The Morgan fingerprint density at radius 2 is 2.00 bits per heavy atom. The summed E-state index contributed by atoms with van der Waals surface area (Å²) >= 11 is 8.47. The zero-order chi connectivity index (χ0) is 18.8. The van der Waals surface area contributed by atoms with Gasteiger partial charge in [0.05, 0.1) is 16.0 Å². The maximum absolute atomic E-state index is 11.8. The molecule has 3 atom stereocenters. The highest BCUT2D eigenvalue weighted by molar-refractivity contribution is 7.89. The monoisotopic (exact) mass is 416 g/mol. The Hall–Kier alpha value is -1.86. The molecular weight excluding hydrogens is 400 g/mol. The second-order valence-electron chi connectivity index (χ2n) is 7.05. The lowest BCUT2D eigenvalue weighted by molar-refractivity contribution is 0.429. The second kappa shape index (κ2) is 6.07. The molecule has 4 nitrogen and oxygen atoms in total. The Kier molecular flexibility index (Phi) is 3.88. The predicted molar refractivity (Wildman–Crippen MR) is 111 cm³/mol. The quantitative estimate of drug-likeness (QED) is 0.575. The smallest absolute Gasteiger partial charge is 0.238 e. The van der Waals surface area contributed by atoms with Crippen LogP contribution in [0.1, 0.15) is 28.8 Å². The molecule has 2 heterocycles. The van der Waals surface area contributed by atoms with E-state index in [1.807, 2.05) is 18.2 Å². The third kappa shape index (κ3) is 2.70. The van der Waals surface area contributed by atoms with Crippen molar-refractivity contribution in [3.05, 3.63) is 70.1 Å². The molecule has 1 aliphatic heterocycles. The van der Waals surface area contributed by atoms with E-state index in [0.717, 1.165) is 33.0 Å². The normalized spacial score (nSPS) is 23.9. The molecule has 3 N–H and O–H groups in total. The molecule has 2 aromatic carbocycles. The van der Waals surface area contributed by atoms with Crippen molar-refractivity contribution in [3.8, 4) is 0 Å². The Morgan fingerprint density at radius 3 is 2.78 bits per heavy atom. The van der Waals surface area contributed by atoms with E-state index in [0.29, 0.717) is 5.92 Å². The minimum atomic E-state index is -3.73. The van der Waals surface area contributed by atoms with E-state index in [1.165, 1.54) is 4.70 Å². The van der Waals surface area contributed by atoms with Crippen LogP contribution < -0.4 is 10.5 Å². The SMILES string of the molecule is NS(=O)(=O)c1ccc2c(c1)C1C=CCC1C(c1sc3ccccc3c1Cl)N2. The van der Waals surface area contributed by atoms with Crippen molar-refractivity contribution in [1.29, 1.82) is 0 Å². The maximum atomic E-state index is 11.8. The van der Waals surface area contributed by atoms with Crippen LogP contribution in [0.5, 0.6) is 0 Å². The molecule has 0 radical (unpaired) electrons. The fourth-order valence-corrected chi connectivity index (χ4v) is 6.47. The van der Waals surface area contributed by atoms with Crippen LogP contribution in [0.15, 0.2) is 59.5 Å². The van der Waals surface area contributed by atoms with Gasteiger partial charge in [0, 0.05) is 26.6 Å². The molecule has 2 aliphatic rings. The van der Waals surface area contributed by atoms with Gasteiger partial charge in [0.1, 0.15) is 0 Å². The molecule has 3 aromatic rings. The van der Waals surface area contributed by atoms with E-state index in [-0.39, 0.29) is 16.9 Å². The first-order valence-electron chi connectivity index (χ1n) is 8.70. The standard InChI is InChI=1S/C20H17ClN2O2S2/c21-18-14-4-1-2-7-17(14)26-20(18)19-13-6-3-5-12(13)15-10-11(27(22,24)25)8-9-16(15)23-19/h1-5,7-10,12-13,19,23H,6H2,(H2,22,24,25). The van der Waals surface area contributed by atoms with Crippen molar-refractivity contribution in [2.75, 3.05) is 5.32 Å². The van der Waals surface area contributed by atoms with E-state index >= 15 is 0 Å². The van der Waals surface area contributed by atoms with Crippen LogP contribution in [0.4, 0.5) is 5.69 Å². The number of primary sulfonamides is 1. The molecule has 0 amide bonds. The van der Waals surface area contributed by atoms with Crippen LogP contribution in [0.25, 0.3) is 10.1 Å². The summed E-state index contributed by atoms with van der Waals surface area (Å²) in [6.07, 6.45) is 5.27. The van der Waals surface area contributed by atoms with Gasteiger partial charge in [-0.15, -0.1) is 11.3 Å². The first-order valence-corrected chi connectivity index (χ1v) is 11.4. The van der Waals surface area contributed by atoms with E-state index in [9.17, 15) is 8.42 Å². The highest BCUT2D eigenvalue weighted by Crippen LogP contribution is 2.53. The first-order chi connectivity index (χ1) is 12.9. The number of rotatable bonds is 2. The van der Waals surface area contributed by atoms with Crippen molar-refractivity contribution in [1.82, 2.24) is 0 Å². The largest absolute Gasteiger partial charge is 0.377 e. The van der Waals surface area contributed by atoms with E-state index in [4.69, 9.17) is 16.7 Å². The molecule has 0 saturated carbocycles. The highest BCUT2D eigenvalue weighted by Gasteiger charge is 2.40. The fourth-order valence-electron chi connectivity index (χ4n) is 4.24. The summed E-state index contributed by atoms with van der Waals surface area (Å²) in [7, 11) is -3.73. The van der Waals surface area contributed by atoms with Crippen LogP contribution in [0, 0.1) is 5.92 Å². The Bertz CT molecular complexity index is 1200. The summed E-state index contributed by atoms with van der Waals surface area (Å²) in [4.78, 5) is 1.29. The molecule has 27 heavy (non-hydrogen) atoms. The van der Waals surface area contributed by atoms with Crippen molar-refractivity contribution in [2.45, 2.75) is 23.3 Å². The van der Waals surface area contributed by atoms with E-state index in [2.05, 4.69) is 29.6 Å². The summed E-state index contributed by atoms with van der Waals surface area (Å²) in [5.41, 5.74) is 1.92. The third-order valence-electron chi connectivity index (χ3n) is 5.51. The number of thiophene rings is 1. The van der Waals surface area contributed by atoms with Crippen molar-refractivity contribution < 1.29 is 8.42 Å². The molecule has 1 aliphatic carbocycles.